The fourth-order valence-corrected chi connectivity index (χ4v) is 10.4. The standard InChI is InChI=1S/C37H45N8O4S/c1-2-44-28-33(45(35(44)46)19-23-8-7-17-47-20-23)40-32(41-34(28)48-22-36(13-14-36)21-43-15-3-4-16-43)29-24-9-5-11-37(30(24)42-49-29)12-6-10-26-27(37)25(18-38)31(39)50-26/h19,23H,2-17,20-22,39H2,1H3/q+1/b45-19-/t23?,37-/m0/s1. The fraction of sp³-hybridized carbons (Fsp3) is 0.622. The van der Waals surface area contributed by atoms with E-state index >= 15 is 0 Å². The van der Waals surface area contributed by atoms with Gasteiger partial charge in [-0.1, -0.05) is 10.1 Å². The lowest BCUT2D eigenvalue weighted by Crippen LogP contribution is -2.36. The molecule has 0 bridgehead atoms. The number of ether oxygens (including phenoxy) is 2. The summed E-state index contributed by atoms with van der Waals surface area (Å²) < 4.78 is 20.4. The van der Waals surface area contributed by atoms with Crippen molar-refractivity contribution in [2.24, 2.45) is 11.3 Å². The summed E-state index contributed by atoms with van der Waals surface area (Å²) in [6, 6.07) is 2.26. The van der Waals surface area contributed by atoms with Crippen LogP contribution in [0.1, 0.15) is 98.4 Å². The van der Waals surface area contributed by atoms with E-state index in [2.05, 4.69) is 11.0 Å². The van der Waals surface area contributed by atoms with Crippen molar-refractivity contribution in [1.29, 1.82) is 5.26 Å². The van der Waals surface area contributed by atoms with E-state index in [0.29, 0.717) is 59.3 Å². The van der Waals surface area contributed by atoms with E-state index < -0.39 is 5.41 Å². The molecule has 3 aromatic heterocycles. The third-order valence-electron chi connectivity index (χ3n) is 12.0. The van der Waals surface area contributed by atoms with Crippen LogP contribution in [0.25, 0.3) is 11.6 Å². The maximum atomic E-state index is 14.1. The van der Waals surface area contributed by atoms with Crippen molar-refractivity contribution >= 4 is 40.1 Å². The van der Waals surface area contributed by atoms with Gasteiger partial charge < -0.3 is 24.6 Å². The van der Waals surface area contributed by atoms with Gasteiger partial charge in [-0.05, 0) is 103 Å². The van der Waals surface area contributed by atoms with Crippen molar-refractivity contribution in [3.05, 3.63) is 27.3 Å². The number of nitrogens with two attached hydrogens (primary N) is 1. The van der Waals surface area contributed by atoms with Crippen LogP contribution in [0.3, 0.4) is 0 Å². The molecule has 6 aliphatic rings. The number of carbonyl (C=O) groups is 1. The number of thiophene rings is 1. The van der Waals surface area contributed by atoms with E-state index in [9.17, 15) is 10.1 Å². The van der Waals surface area contributed by atoms with Crippen molar-refractivity contribution in [2.75, 3.05) is 56.6 Å². The highest BCUT2D eigenvalue weighted by Gasteiger charge is 2.51. The number of likely N-dealkylation sites (tertiary alicyclic amines) is 1. The Bertz CT molecular complexity index is 1910. The first-order valence-corrected chi connectivity index (χ1v) is 19.4. The van der Waals surface area contributed by atoms with Gasteiger partial charge in [0, 0.05) is 40.3 Å². The Kier molecular flexibility index (Phi) is 7.97. The Morgan fingerprint density at radius 1 is 1.14 bits per heavy atom. The SMILES string of the molecule is CCN1C(=O)/[N+](=C\C2CCCOC2)c2nc(-c3onc4c3CCC[C@@]43CCCc4sc(N)c(C#N)c43)nc(OCC3(CN4CCCC4)CC3)c21. The molecule has 2 saturated heterocycles. The smallest absolute Gasteiger partial charge is 0.448 e. The Labute approximate surface area is 296 Å². The molecule has 1 saturated carbocycles. The second-order valence-corrected chi connectivity index (χ2v) is 16.3. The first kappa shape index (κ1) is 32.1. The molecule has 1 spiro atoms. The number of fused-ring (bicyclic) bond motifs is 5. The molecule has 1 unspecified atom stereocenters. The predicted octanol–water partition coefficient (Wildman–Crippen LogP) is 5.96. The molecule has 9 rings (SSSR count). The van der Waals surface area contributed by atoms with Crippen molar-refractivity contribution in [3.8, 4) is 23.5 Å². The summed E-state index contributed by atoms with van der Waals surface area (Å²) in [6.07, 6.45) is 14.0. The van der Waals surface area contributed by atoms with Gasteiger partial charge in [0.15, 0.2) is 0 Å². The Morgan fingerprint density at radius 2 is 1.96 bits per heavy atom. The number of hydrogen-bond donors (Lipinski definition) is 1. The molecular weight excluding hydrogens is 653 g/mol. The molecule has 2 amide bonds. The lowest BCUT2D eigenvalue weighted by atomic mass is 9.62. The Morgan fingerprint density at radius 3 is 2.70 bits per heavy atom. The topological polar surface area (TPSA) is 147 Å². The summed E-state index contributed by atoms with van der Waals surface area (Å²) in [7, 11) is 0. The van der Waals surface area contributed by atoms with Crippen LogP contribution in [-0.4, -0.2) is 82.8 Å². The van der Waals surface area contributed by atoms with Gasteiger partial charge in [0.25, 0.3) is 11.7 Å². The van der Waals surface area contributed by atoms with Crippen LogP contribution >= 0.6 is 11.3 Å². The molecule has 262 valence electrons. The summed E-state index contributed by atoms with van der Waals surface area (Å²) in [6.45, 7) is 7.61. The summed E-state index contributed by atoms with van der Waals surface area (Å²) in [4.78, 5) is 29.7. The molecule has 50 heavy (non-hydrogen) atoms. The number of aromatic nitrogens is 3. The highest BCUT2D eigenvalue weighted by atomic mass is 32.1. The van der Waals surface area contributed by atoms with Crippen molar-refractivity contribution in [2.45, 2.75) is 89.4 Å². The molecule has 2 atom stereocenters. The molecule has 0 radical (unpaired) electrons. The zero-order chi connectivity index (χ0) is 34.0. The minimum atomic E-state index is -0.429. The van der Waals surface area contributed by atoms with E-state index in [1.807, 2.05) is 13.1 Å². The first-order chi connectivity index (χ1) is 24.4. The van der Waals surface area contributed by atoms with Crippen LogP contribution in [0.2, 0.25) is 0 Å². The molecule has 3 aromatic rings. The lowest BCUT2D eigenvalue weighted by Gasteiger charge is -2.39. The largest absolute Gasteiger partial charge is 0.474 e. The summed E-state index contributed by atoms with van der Waals surface area (Å²) >= 11 is 1.54. The van der Waals surface area contributed by atoms with E-state index in [-0.39, 0.29) is 17.4 Å². The Balaban J connectivity index is 1.15. The van der Waals surface area contributed by atoms with Crippen LogP contribution < -0.4 is 15.4 Å². The highest BCUT2D eigenvalue weighted by molar-refractivity contribution is 7.16. The highest BCUT2D eigenvalue weighted by Crippen LogP contribution is 2.55. The fourth-order valence-electron chi connectivity index (χ4n) is 9.26. The maximum absolute atomic E-state index is 14.1. The van der Waals surface area contributed by atoms with E-state index in [1.165, 1.54) is 29.1 Å². The molecule has 2 N–H and O–H groups in total. The van der Waals surface area contributed by atoms with Crippen molar-refractivity contribution in [1.82, 2.24) is 20.0 Å². The number of nitrogen functional groups attached to an aromatic ring is 1. The van der Waals surface area contributed by atoms with Gasteiger partial charge in [-0.25, -0.2) is 9.69 Å². The average molecular weight is 698 g/mol. The van der Waals surface area contributed by atoms with Crippen LogP contribution in [0, 0.1) is 22.7 Å². The van der Waals surface area contributed by atoms with E-state index in [4.69, 9.17) is 34.9 Å². The first-order valence-electron chi connectivity index (χ1n) is 18.6. The number of hydrogen-bond acceptors (Lipinski definition) is 11. The minimum Gasteiger partial charge on any atom is -0.474 e. The lowest BCUT2D eigenvalue weighted by molar-refractivity contribution is -0.325. The number of nitriles is 1. The molecule has 3 aliphatic heterocycles. The van der Waals surface area contributed by atoms with Crippen molar-refractivity contribution < 1.29 is 23.4 Å². The third kappa shape index (κ3) is 5.16. The number of carbonyl (C=O) groups excluding carboxylic acids is 1. The molecule has 12 nitrogen and oxygen atoms in total. The van der Waals surface area contributed by atoms with E-state index in [1.54, 1.807) is 9.48 Å². The van der Waals surface area contributed by atoms with Crippen LogP contribution in [0.15, 0.2) is 4.52 Å². The van der Waals surface area contributed by atoms with Gasteiger partial charge in [-0.3, -0.25) is 0 Å². The second-order valence-electron chi connectivity index (χ2n) is 15.2. The molecule has 6 heterocycles. The molecule has 0 aromatic carbocycles. The molecule has 3 fully saturated rings. The summed E-state index contributed by atoms with van der Waals surface area (Å²) in [5, 5.41) is 15.5. The van der Waals surface area contributed by atoms with Crippen LogP contribution in [-0.2, 0) is 23.0 Å². The van der Waals surface area contributed by atoms with Gasteiger partial charge >= 0.3 is 11.8 Å². The maximum Gasteiger partial charge on any atom is 0.448 e. The number of urea groups is 1. The molecule has 13 heteroatoms. The number of rotatable bonds is 8. The minimum absolute atomic E-state index is 0.0982. The van der Waals surface area contributed by atoms with Gasteiger partial charge in [-0.15, -0.1) is 11.3 Å². The predicted molar refractivity (Wildman–Crippen MR) is 188 cm³/mol. The third-order valence-corrected chi connectivity index (χ3v) is 13.0. The van der Waals surface area contributed by atoms with Crippen LogP contribution in [0.5, 0.6) is 5.88 Å². The van der Waals surface area contributed by atoms with Gasteiger partial charge in [-0.2, -0.15) is 14.8 Å². The van der Waals surface area contributed by atoms with Gasteiger partial charge in [0.2, 0.25) is 11.4 Å². The number of aryl methyl sites for hydroxylation is 1. The monoisotopic (exact) mass is 697 g/mol. The normalized spacial score (nSPS) is 26.2. The van der Waals surface area contributed by atoms with Crippen LogP contribution in [0.4, 0.5) is 21.3 Å². The summed E-state index contributed by atoms with van der Waals surface area (Å²) in [5.41, 5.74) is 10.2. The zero-order valence-corrected chi connectivity index (χ0v) is 29.7. The van der Waals surface area contributed by atoms with E-state index in [0.717, 1.165) is 107 Å². The zero-order valence-electron chi connectivity index (χ0n) is 28.8. The van der Waals surface area contributed by atoms with Crippen molar-refractivity contribution in [3.63, 3.8) is 0 Å². The van der Waals surface area contributed by atoms with Gasteiger partial charge in [0.05, 0.1) is 37.2 Å². The van der Waals surface area contributed by atoms with Gasteiger partial charge in [0.1, 0.15) is 11.1 Å². The summed E-state index contributed by atoms with van der Waals surface area (Å²) in [5.74, 6) is 1.92. The number of nitrogens with zero attached hydrogens (tertiary/aromatic N) is 7. The average Bonchev–Trinajstić information content (AvgIpc) is 3.49. The second kappa shape index (κ2) is 12.4. The number of anilines is 2. The molecular formula is C37H45N8O4S+. The quantitative estimate of drug-likeness (QED) is 0.280. The Hall–Kier alpha value is -3.86. The number of amides is 2. The molecule has 3 aliphatic carbocycles.